The third-order valence-corrected chi connectivity index (χ3v) is 5.94. The van der Waals surface area contributed by atoms with E-state index in [1.54, 1.807) is 13.0 Å². The molecule has 0 aromatic heterocycles. The molecule has 10 heteroatoms. The molecule has 2 aliphatic rings. The second-order valence-corrected chi connectivity index (χ2v) is 7.69. The van der Waals surface area contributed by atoms with E-state index < -0.39 is 55.9 Å². The largest absolute Gasteiger partial charge is 0.394 e. The van der Waals surface area contributed by atoms with Crippen LogP contribution in [0.2, 0.25) is 0 Å². The normalized spacial score (nSPS) is 33.7. The summed E-state index contributed by atoms with van der Waals surface area (Å²) < 4.78 is 10.8. The predicted molar refractivity (Wildman–Crippen MR) is 100 cm³/mol. The molecule has 0 unspecified atom stereocenters. The average Bonchev–Trinajstić information content (AvgIpc) is 2.96. The molecular weight excluding hydrogens is 400 g/mol. The predicted octanol–water partition coefficient (Wildman–Crippen LogP) is -2.10. The second-order valence-electron chi connectivity index (χ2n) is 7.69. The fraction of sp³-hybridized carbons (Fsp3) is 0.650. The molecule has 1 fully saturated rings. The van der Waals surface area contributed by atoms with E-state index in [0.29, 0.717) is 22.3 Å². The van der Waals surface area contributed by atoms with Crippen molar-refractivity contribution >= 4 is 5.78 Å². The minimum absolute atomic E-state index is 0.0756. The molecule has 1 aromatic rings. The maximum atomic E-state index is 12.5. The van der Waals surface area contributed by atoms with Crippen LogP contribution in [0.25, 0.3) is 0 Å². The van der Waals surface area contributed by atoms with E-state index in [1.165, 1.54) is 0 Å². The Balaban J connectivity index is 1.80. The van der Waals surface area contributed by atoms with Crippen LogP contribution in [-0.4, -0.2) is 85.4 Å². The standard InChI is InChI=1S/C20H28O10/c1-8-15(24)11-4-9(5-21)10(12(6-22)14(11)16(8)25)2-3-29-20-19(28)18(27)17(26)13(7-23)30-20/h4,8,13,15,17-24,26-28H,2-3,5-7H2,1H3/t8-,13+,15-,17+,18-,19+,20+/m0/s1. The van der Waals surface area contributed by atoms with Gasteiger partial charge in [-0.15, -0.1) is 0 Å². The first kappa shape index (κ1) is 23.2. The molecule has 7 N–H and O–H groups in total. The minimum atomic E-state index is -1.57. The van der Waals surface area contributed by atoms with Gasteiger partial charge in [-0.2, -0.15) is 0 Å². The third-order valence-electron chi connectivity index (χ3n) is 5.94. The van der Waals surface area contributed by atoms with Crippen molar-refractivity contribution in [2.75, 3.05) is 13.2 Å². The van der Waals surface area contributed by atoms with E-state index in [2.05, 4.69) is 0 Å². The lowest BCUT2D eigenvalue weighted by atomic mass is 9.91. The topological polar surface area (TPSA) is 177 Å². The molecule has 7 atom stereocenters. The highest BCUT2D eigenvalue weighted by molar-refractivity contribution is 6.04. The summed E-state index contributed by atoms with van der Waals surface area (Å²) in [5.74, 6) is -0.945. The Hall–Kier alpha value is -1.47. The van der Waals surface area contributed by atoms with Crippen molar-refractivity contribution in [3.8, 4) is 0 Å². The molecule has 1 aliphatic heterocycles. The molecule has 1 heterocycles. The summed E-state index contributed by atoms with van der Waals surface area (Å²) in [5.41, 5.74) is 1.84. The summed E-state index contributed by atoms with van der Waals surface area (Å²) in [7, 11) is 0. The molecule has 3 rings (SSSR count). The number of benzene rings is 1. The Kier molecular flexibility index (Phi) is 7.23. The molecule has 168 valence electrons. The number of hydrogen-bond donors (Lipinski definition) is 7. The first-order valence-corrected chi connectivity index (χ1v) is 9.80. The number of carbonyl (C=O) groups is 1. The van der Waals surface area contributed by atoms with E-state index in [-0.39, 0.29) is 31.0 Å². The maximum absolute atomic E-state index is 12.5. The molecule has 1 aliphatic carbocycles. The molecule has 30 heavy (non-hydrogen) atoms. The van der Waals surface area contributed by atoms with E-state index in [1.807, 2.05) is 0 Å². The van der Waals surface area contributed by atoms with Gasteiger partial charge in [-0.25, -0.2) is 0 Å². The van der Waals surface area contributed by atoms with Crippen LogP contribution in [-0.2, 0) is 29.1 Å². The Morgan fingerprint density at radius 1 is 1.00 bits per heavy atom. The summed E-state index contributed by atoms with van der Waals surface area (Å²) in [6, 6.07) is 1.55. The fourth-order valence-corrected chi connectivity index (χ4v) is 4.14. The van der Waals surface area contributed by atoms with Gasteiger partial charge in [0.25, 0.3) is 0 Å². The maximum Gasteiger partial charge on any atom is 0.186 e. The first-order valence-electron chi connectivity index (χ1n) is 9.80. The molecule has 0 radical (unpaired) electrons. The number of rotatable bonds is 7. The van der Waals surface area contributed by atoms with E-state index in [4.69, 9.17) is 9.47 Å². The Morgan fingerprint density at radius 2 is 1.70 bits per heavy atom. The lowest BCUT2D eigenvalue weighted by Crippen LogP contribution is -2.59. The van der Waals surface area contributed by atoms with Crippen LogP contribution in [0.1, 0.15) is 45.6 Å². The van der Waals surface area contributed by atoms with Gasteiger partial charge in [0.05, 0.1) is 32.5 Å². The number of aliphatic hydroxyl groups is 7. The monoisotopic (exact) mass is 428 g/mol. The lowest BCUT2D eigenvalue weighted by molar-refractivity contribution is -0.300. The van der Waals surface area contributed by atoms with Crippen LogP contribution in [0.15, 0.2) is 6.07 Å². The smallest absolute Gasteiger partial charge is 0.186 e. The van der Waals surface area contributed by atoms with Crippen LogP contribution >= 0.6 is 0 Å². The zero-order valence-electron chi connectivity index (χ0n) is 16.5. The van der Waals surface area contributed by atoms with Gasteiger partial charge in [-0.05, 0) is 34.7 Å². The van der Waals surface area contributed by atoms with Crippen LogP contribution in [0.4, 0.5) is 0 Å². The summed E-state index contributed by atoms with van der Waals surface area (Å²) in [6.07, 6.45) is -7.90. The molecule has 0 spiro atoms. The van der Waals surface area contributed by atoms with Gasteiger partial charge >= 0.3 is 0 Å². The van der Waals surface area contributed by atoms with Gasteiger partial charge in [-0.1, -0.05) is 6.92 Å². The zero-order chi connectivity index (χ0) is 22.2. The number of ether oxygens (including phenoxy) is 2. The van der Waals surface area contributed by atoms with Gasteiger partial charge in [0.1, 0.15) is 24.4 Å². The van der Waals surface area contributed by atoms with E-state index in [9.17, 15) is 40.5 Å². The van der Waals surface area contributed by atoms with Crippen molar-refractivity contribution < 1.29 is 50.0 Å². The van der Waals surface area contributed by atoms with Crippen LogP contribution < -0.4 is 0 Å². The van der Waals surface area contributed by atoms with Gasteiger partial charge in [0, 0.05) is 11.5 Å². The summed E-state index contributed by atoms with van der Waals surface area (Å²) in [4.78, 5) is 12.5. The number of ketones is 1. The highest BCUT2D eigenvalue weighted by Gasteiger charge is 2.44. The first-order chi connectivity index (χ1) is 14.3. The zero-order valence-corrected chi connectivity index (χ0v) is 16.5. The van der Waals surface area contributed by atoms with Crippen molar-refractivity contribution in [1.82, 2.24) is 0 Å². The molecule has 1 aromatic carbocycles. The minimum Gasteiger partial charge on any atom is -0.394 e. The van der Waals surface area contributed by atoms with Gasteiger partial charge in [0.2, 0.25) is 0 Å². The van der Waals surface area contributed by atoms with Crippen LogP contribution in [0.5, 0.6) is 0 Å². The van der Waals surface area contributed by atoms with Crippen LogP contribution in [0, 0.1) is 5.92 Å². The molecule has 0 saturated carbocycles. The number of fused-ring (bicyclic) bond motifs is 1. The fourth-order valence-electron chi connectivity index (χ4n) is 4.14. The molecule has 1 saturated heterocycles. The van der Waals surface area contributed by atoms with E-state index >= 15 is 0 Å². The van der Waals surface area contributed by atoms with Crippen LogP contribution in [0.3, 0.4) is 0 Å². The highest BCUT2D eigenvalue weighted by atomic mass is 16.7. The van der Waals surface area contributed by atoms with Gasteiger partial charge < -0.3 is 45.2 Å². The number of hydrogen-bond acceptors (Lipinski definition) is 10. The van der Waals surface area contributed by atoms with Crippen molar-refractivity contribution in [3.05, 3.63) is 33.9 Å². The molecular formula is C20H28O10. The van der Waals surface area contributed by atoms with Crippen molar-refractivity contribution in [1.29, 1.82) is 0 Å². The van der Waals surface area contributed by atoms with Gasteiger partial charge in [0.15, 0.2) is 12.1 Å². The summed E-state index contributed by atoms with van der Waals surface area (Å²) in [5, 5.41) is 68.9. The average molecular weight is 428 g/mol. The number of carbonyl (C=O) groups excluding carboxylic acids is 1. The quantitative estimate of drug-likeness (QED) is 0.254. The Bertz CT molecular complexity index is 779. The molecule has 10 nitrogen and oxygen atoms in total. The number of Topliss-reactive ketones (excluding diaryl/α,β-unsaturated/α-hetero) is 1. The lowest BCUT2D eigenvalue weighted by Gasteiger charge is -2.39. The van der Waals surface area contributed by atoms with Crippen molar-refractivity contribution in [2.45, 2.75) is 63.4 Å². The molecule has 0 amide bonds. The third kappa shape index (κ3) is 3.91. The second kappa shape index (κ2) is 9.35. The van der Waals surface area contributed by atoms with Gasteiger partial charge in [-0.3, -0.25) is 4.79 Å². The summed E-state index contributed by atoms with van der Waals surface area (Å²) in [6.45, 7) is 0.0751. The highest BCUT2D eigenvalue weighted by Crippen LogP contribution is 2.40. The van der Waals surface area contributed by atoms with Crippen molar-refractivity contribution in [2.24, 2.45) is 5.92 Å². The Morgan fingerprint density at radius 3 is 2.30 bits per heavy atom. The number of aliphatic hydroxyl groups excluding tert-OH is 7. The molecule has 0 bridgehead atoms. The summed E-state index contributed by atoms with van der Waals surface area (Å²) >= 11 is 0. The van der Waals surface area contributed by atoms with E-state index in [0.717, 1.165) is 0 Å². The SMILES string of the molecule is C[C@@H]1C(=O)c2c(cc(CO)c(CCO[C@@H]3O[C@H](CO)[C@@H](O)[C@H](O)[C@H]3O)c2CO)[C@H]1O. The Labute approximate surface area is 172 Å². The van der Waals surface area contributed by atoms with Crippen molar-refractivity contribution in [3.63, 3.8) is 0 Å².